The standard InChI is InChI=1S/C40H42N2O7/c1-47-31-20-16-28(17-21-31)27-49-40(29-11-5-3-6-12-29,30-18-22-32(48-2)23-19-30)35-25-41(26-36(35)43)37(44)15-7-4-10-24-42-38(45)33-13-8-9-14-34(33)39(42)46/h3,5-6,8-9,11-14,16-23,35-36,43H,4,7,10,15,24-27H2,1-2H3. The number of carbonyl (C=O) groups excluding carboxylic acids is 3. The molecule has 1 N–H and O–H groups in total. The van der Waals surface area contributed by atoms with Gasteiger partial charge in [-0.25, -0.2) is 0 Å². The van der Waals surface area contributed by atoms with Crippen LogP contribution in [0.4, 0.5) is 0 Å². The van der Waals surface area contributed by atoms with Crippen molar-refractivity contribution in [2.75, 3.05) is 33.9 Å². The van der Waals surface area contributed by atoms with Gasteiger partial charge in [0, 0.05) is 32.0 Å². The van der Waals surface area contributed by atoms with Crippen LogP contribution in [-0.4, -0.2) is 72.6 Å². The second-order valence-corrected chi connectivity index (χ2v) is 12.6. The SMILES string of the molecule is COc1ccc(COC(c2ccccc2)(c2ccc(OC)cc2)C2CN(C(=O)CCCCCN3C(=O)c4ccccc4C3=O)CC2O)cc1. The molecule has 4 aromatic rings. The first-order chi connectivity index (χ1) is 23.8. The van der Waals surface area contributed by atoms with Crippen LogP contribution in [0.25, 0.3) is 0 Å². The van der Waals surface area contributed by atoms with Gasteiger partial charge in [0.1, 0.15) is 17.1 Å². The monoisotopic (exact) mass is 662 g/mol. The lowest BCUT2D eigenvalue weighted by molar-refractivity contribution is -0.131. The number of amides is 3. The summed E-state index contributed by atoms with van der Waals surface area (Å²) in [6, 6.07) is 32.1. The van der Waals surface area contributed by atoms with Crippen LogP contribution in [0.1, 0.15) is 63.1 Å². The highest BCUT2D eigenvalue weighted by molar-refractivity contribution is 6.21. The highest BCUT2D eigenvalue weighted by Crippen LogP contribution is 2.46. The van der Waals surface area contributed by atoms with E-state index in [0.717, 1.165) is 22.4 Å². The number of benzene rings is 4. The molecular weight excluding hydrogens is 620 g/mol. The van der Waals surface area contributed by atoms with Crippen LogP contribution in [0.15, 0.2) is 103 Å². The second kappa shape index (κ2) is 15.1. The highest BCUT2D eigenvalue weighted by Gasteiger charge is 2.51. The van der Waals surface area contributed by atoms with Crippen molar-refractivity contribution < 1.29 is 33.7 Å². The summed E-state index contributed by atoms with van der Waals surface area (Å²) in [6.45, 7) is 1.07. The normalized spacial score (nSPS) is 18.3. The summed E-state index contributed by atoms with van der Waals surface area (Å²) in [5, 5.41) is 11.7. The van der Waals surface area contributed by atoms with Gasteiger partial charge in [-0.2, -0.15) is 0 Å². The molecule has 1 saturated heterocycles. The summed E-state index contributed by atoms with van der Waals surface area (Å²) >= 11 is 0. The fourth-order valence-electron chi connectivity index (χ4n) is 7.02. The largest absolute Gasteiger partial charge is 0.497 e. The van der Waals surface area contributed by atoms with Crippen LogP contribution in [0.5, 0.6) is 11.5 Å². The number of likely N-dealkylation sites (tertiary alicyclic amines) is 1. The molecule has 3 atom stereocenters. The molecule has 0 aliphatic carbocycles. The minimum absolute atomic E-state index is 0.0471. The predicted molar refractivity (Wildman–Crippen MR) is 184 cm³/mol. The van der Waals surface area contributed by atoms with E-state index in [0.29, 0.717) is 55.6 Å². The summed E-state index contributed by atoms with van der Waals surface area (Å²) in [5.74, 6) is 0.404. The van der Waals surface area contributed by atoms with Gasteiger partial charge in [0.15, 0.2) is 0 Å². The lowest BCUT2D eigenvalue weighted by Crippen LogP contribution is -2.45. The Kier molecular flexibility index (Phi) is 10.4. The molecule has 2 aliphatic heterocycles. The molecule has 3 amide bonds. The zero-order valence-corrected chi connectivity index (χ0v) is 27.9. The summed E-state index contributed by atoms with van der Waals surface area (Å²) in [4.78, 5) is 42.0. The molecule has 0 aromatic heterocycles. The minimum atomic E-state index is -1.09. The van der Waals surface area contributed by atoms with Crippen molar-refractivity contribution in [3.63, 3.8) is 0 Å². The molecule has 0 saturated carbocycles. The molecule has 9 heteroatoms. The number of fused-ring (bicyclic) bond motifs is 1. The summed E-state index contributed by atoms with van der Waals surface area (Å²) < 4.78 is 17.8. The summed E-state index contributed by atoms with van der Waals surface area (Å²) in [6.07, 6.45) is 1.35. The maximum atomic E-state index is 13.6. The molecule has 6 rings (SSSR count). The zero-order valence-electron chi connectivity index (χ0n) is 27.9. The van der Waals surface area contributed by atoms with Crippen LogP contribution in [0.2, 0.25) is 0 Å². The third kappa shape index (κ3) is 6.95. The fourth-order valence-corrected chi connectivity index (χ4v) is 7.02. The molecule has 49 heavy (non-hydrogen) atoms. The number of carbonyl (C=O) groups is 3. The molecule has 1 fully saturated rings. The Morgan fingerprint density at radius 2 is 1.31 bits per heavy atom. The van der Waals surface area contributed by atoms with Crippen molar-refractivity contribution >= 4 is 17.7 Å². The highest BCUT2D eigenvalue weighted by atomic mass is 16.5. The minimum Gasteiger partial charge on any atom is -0.497 e. The summed E-state index contributed by atoms with van der Waals surface area (Å²) in [7, 11) is 3.25. The van der Waals surface area contributed by atoms with E-state index in [2.05, 4.69) is 0 Å². The van der Waals surface area contributed by atoms with Gasteiger partial charge in [-0.1, -0.05) is 73.2 Å². The predicted octanol–water partition coefficient (Wildman–Crippen LogP) is 5.84. The quantitative estimate of drug-likeness (QED) is 0.134. The number of ether oxygens (including phenoxy) is 3. The molecule has 0 bridgehead atoms. The van der Waals surface area contributed by atoms with Crippen molar-refractivity contribution in [2.45, 2.75) is 44.0 Å². The smallest absolute Gasteiger partial charge is 0.261 e. The Bertz CT molecular complexity index is 1720. The van der Waals surface area contributed by atoms with Crippen LogP contribution < -0.4 is 9.47 Å². The van der Waals surface area contributed by atoms with Gasteiger partial charge in [-0.3, -0.25) is 19.3 Å². The first kappa shape index (κ1) is 33.9. The number of methoxy groups -OCH3 is 2. The van der Waals surface area contributed by atoms with E-state index < -0.39 is 17.6 Å². The summed E-state index contributed by atoms with van der Waals surface area (Å²) in [5.41, 5.74) is 2.46. The molecule has 254 valence electrons. The number of unbranched alkanes of at least 4 members (excludes halogenated alkanes) is 2. The van der Waals surface area contributed by atoms with Gasteiger partial charge in [0.25, 0.3) is 11.8 Å². The third-order valence-corrected chi connectivity index (χ3v) is 9.66. The number of β-amino-alcohol motifs (C(OH)–C–C–N with tert-alkyl or cyclic N) is 1. The van der Waals surface area contributed by atoms with Crippen molar-refractivity contribution in [1.29, 1.82) is 0 Å². The Morgan fingerprint density at radius 1 is 0.735 bits per heavy atom. The zero-order chi connectivity index (χ0) is 34.4. The Morgan fingerprint density at radius 3 is 1.92 bits per heavy atom. The number of hydrogen-bond acceptors (Lipinski definition) is 7. The average Bonchev–Trinajstić information content (AvgIpc) is 3.65. The Balaban J connectivity index is 1.16. The Hall–Kier alpha value is -4.99. The molecule has 0 spiro atoms. The number of nitrogens with zero attached hydrogens (tertiary/aromatic N) is 2. The number of hydrogen-bond donors (Lipinski definition) is 1. The molecule has 2 heterocycles. The van der Waals surface area contributed by atoms with Gasteiger partial charge in [-0.15, -0.1) is 0 Å². The van der Waals surface area contributed by atoms with E-state index in [1.54, 1.807) is 43.4 Å². The number of rotatable bonds is 14. The molecular formula is C40H42N2O7. The molecule has 2 aliphatic rings. The average molecular weight is 663 g/mol. The fraction of sp³-hybridized carbons (Fsp3) is 0.325. The molecule has 4 aromatic carbocycles. The van der Waals surface area contributed by atoms with E-state index in [-0.39, 0.29) is 30.9 Å². The molecule has 3 unspecified atom stereocenters. The number of aliphatic hydroxyl groups excluding tert-OH is 1. The first-order valence-electron chi connectivity index (χ1n) is 16.7. The lowest BCUT2D eigenvalue weighted by Gasteiger charge is -2.41. The topological polar surface area (TPSA) is 106 Å². The maximum Gasteiger partial charge on any atom is 0.261 e. The van der Waals surface area contributed by atoms with Gasteiger partial charge in [-0.05, 0) is 65.9 Å². The Labute approximate surface area is 287 Å². The van der Waals surface area contributed by atoms with E-state index in [9.17, 15) is 19.5 Å². The van der Waals surface area contributed by atoms with Gasteiger partial charge < -0.3 is 24.2 Å². The van der Waals surface area contributed by atoms with E-state index in [4.69, 9.17) is 14.2 Å². The molecule has 9 nitrogen and oxygen atoms in total. The number of imide groups is 1. The second-order valence-electron chi connectivity index (χ2n) is 12.6. The third-order valence-electron chi connectivity index (χ3n) is 9.66. The van der Waals surface area contributed by atoms with Crippen molar-refractivity contribution in [2.24, 2.45) is 5.92 Å². The van der Waals surface area contributed by atoms with E-state index in [1.165, 1.54) is 4.90 Å². The first-order valence-corrected chi connectivity index (χ1v) is 16.7. The van der Waals surface area contributed by atoms with Gasteiger partial charge >= 0.3 is 0 Å². The lowest BCUT2D eigenvalue weighted by atomic mass is 9.74. The van der Waals surface area contributed by atoms with Gasteiger partial charge in [0.05, 0.1) is 38.1 Å². The molecule has 0 radical (unpaired) electrons. The maximum absolute atomic E-state index is 13.6. The number of aliphatic hydroxyl groups is 1. The van der Waals surface area contributed by atoms with Crippen molar-refractivity contribution in [3.05, 3.63) is 131 Å². The van der Waals surface area contributed by atoms with Crippen LogP contribution in [0.3, 0.4) is 0 Å². The van der Waals surface area contributed by atoms with Crippen LogP contribution in [-0.2, 0) is 21.7 Å². The van der Waals surface area contributed by atoms with Crippen LogP contribution in [0, 0.1) is 5.92 Å². The van der Waals surface area contributed by atoms with E-state index >= 15 is 0 Å². The van der Waals surface area contributed by atoms with Crippen LogP contribution >= 0.6 is 0 Å². The van der Waals surface area contributed by atoms with Crippen molar-refractivity contribution in [1.82, 2.24) is 9.80 Å². The van der Waals surface area contributed by atoms with Crippen molar-refractivity contribution in [3.8, 4) is 11.5 Å². The van der Waals surface area contributed by atoms with E-state index in [1.807, 2.05) is 78.9 Å². The van der Waals surface area contributed by atoms with Gasteiger partial charge in [0.2, 0.25) is 5.91 Å².